The SMILES string of the molecule is Ic1ccc2c(c1)NCCC2. The molecule has 0 radical (unpaired) electrons. The molecule has 1 aliphatic heterocycles. The highest BCUT2D eigenvalue weighted by molar-refractivity contribution is 14.1. The Balaban J connectivity index is 2.43. The van der Waals surface area contributed by atoms with Gasteiger partial charge in [0.25, 0.3) is 0 Å². The Bertz CT molecular complexity index is 270. The van der Waals surface area contributed by atoms with Gasteiger partial charge in [0, 0.05) is 15.8 Å². The Kier molecular flexibility index (Phi) is 2.02. The topological polar surface area (TPSA) is 12.0 Å². The summed E-state index contributed by atoms with van der Waals surface area (Å²) >= 11 is 2.35. The fraction of sp³-hybridized carbons (Fsp3) is 0.333. The van der Waals surface area contributed by atoms with E-state index in [4.69, 9.17) is 0 Å². The Morgan fingerprint density at radius 1 is 1.36 bits per heavy atom. The molecule has 2 heteroatoms. The molecule has 0 amide bonds. The number of hydrogen-bond acceptors (Lipinski definition) is 1. The summed E-state index contributed by atoms with van der Waals surface area (Å²) in [6, 6.07) is 6.62. The molecular formula is C9H10IN. The molecular weight excluding hydrogens is 249 g/mol. The van der Waals surface area contributed by atoms with E-state index >= 15 is 0 Å². The highest BCUT2D eigenvalue weighted by atomic mass is 127. The molecule has 1 nitrogen and oxygen atoms in total. The lowest BCUT2D eigenvalue weighted by atomic mass is 10.0. The second-order valence-electron chi connectivity index (χ2n) is 2.83. The first-order chi connectivity index (χ1) is 5.36. The van der Waals surface area contributed by atoms with Crippen LogP contribution in [0, 0.1) is 3.57 Å². The van der Waals surface area contributed by atoms with Crippen LogP contribution in [0.2, 0.25) is 0 Å². The van der Waals surface area contributed by atoms with Gasteiger partial charge in [-0.1, -0.05) is 6.07 Å². The van der Waals surface area contributed by atoms with Crippen LogP contribution in [-0.4, -0.2) is 6.54 Å². The Morgan fingerprint density at radius 2 is 2.27 bits per heavy atom. The van der Waals surface area contributed by atoms with E-state index in [1.54, 1.807) is 0 Å². The maximum atomic E-state index is 3.40. The van der Waals surface area contributed by atoms with Crippen molar-refractivity contribution in [3.63, 3.8) is 0 Å². The van der Waals surface area contributed by atoms with Crippen LogP contribution in [0.15, 0.2) is 18.2 Å². The fourth-order valence-corrected chi connectivity index (χ4v) is 1.92. The average molecular weight is 259 g/mol. The summed E-state index contributed by atoms with van der Waals surface area (Å²) in [6.07, 6.45) is 2.51. The summed E-state index contributed by atoms with van der Waals surface area (Å²) in [5, 5.41) is 3.40. The van der Waals surface area contributed by atoms with Crippen molar-refractivity contribution in [1.29, 1.82) is 0 Å². The zero-order valence-corrected chi connectivity index (χ0v) is 8.39. The molecule has 0 saturated heterocycles. The second kappa shape index (κ2) is 3.01. The van der Waals surface area contributed by atoms with Crippen LogP contribution in [0.4, 0.5) is 5.69 Å². The van der Waals surface area contributed by atoms with Gasteiger partial charge in [0.15, 0.2) is 0 Å². The van der Waals surface area contributed by atoms with Gasteiger partial charge in [-0.25, -0.2) is 0 Å². The van der Waals surface area contributed by atoms with Crippen LogP contribution in [0.3, 0.4) is 0 Å². The monoisotopic (exact) mass is 259 g/mol. The van der Waals surface area contributed by atoms with Crippen molar-refractivity contribution in [1.82, 2.24) is 0 Å². The molecule has 0 atom stereocenters. The zero-order chi connectivity index (χ0) is 7.68. The largest absolute Gasteiger partial charge is 0.385 e. The van der Waals surface area contributed by atoms with Gasteiger partial charge in [0.05, 0.1) is 0 Å². The minimum atomic E-state index is 1.13. The minimum absolute atomic E-state index is 1.13. The lowest BCUT2D eigenvalue weighted by molar-refractivity contribution is 0.830. The van der Waals surface area contributed by atoms with Gasteiger partial charge < -0.3 is 5.32 Å². The van der Waals surface area contributed by atoms with Crippen LogP contribution >= 0.6 is 22.6 Å². The highest BCUT2D eigenvalue weighted by Gasteiger charge is 2.06. The van der Waals surface area contributed by atoms with Crippen LogP contribution in [-0.2, 0) is 6.42 Å². The first-order valence-electron chi connectivity index (χ1n) is 3.88. The maximum absolute atomic E-state index is 3.40. The van der Waals surface area contributed by atoms with E-state index in [0.717, 1.165) is 6.54 Å². The van der Waals surface area contributed by atoms with Gasteiger partial charge in [0.1, 0.15) is 0 Å². The van der Waals surface area contributed by atoms with E-state index in [1.165, 1.54) is 27.7 Å². The van der Waals surface area contributed by atoms with E-state index in [1.807, 2.05) is 0 Å². The van der Waals surface area contributed by atoms with Gasteiger partial charge in [-0.2, -0.15) is 0 Å². The molecule has 1 heterocycles. The molecule has 0 unspecified atom stereocenters. The van der Waals surface area contributed by atoms with Gasteiger partial charge in [-0.3, -0.25) is 0 Å². The van der Waals surface area contributed by atoms with Crippen molar-refractivity contribution in [2.45, 2.75) is 12.8 Å². The average Bonchev–Trinajstić information content (AvgIpc) is 2.04. The van der Waals surface area contributed by atoms with E-state index in [2.05, 4.69) is 46.1 Å². The van der Waals surface area contributed by atoms with Gasteiger partial charge in [0.2, 0.25) is 0 Å². The van der Waals surface area contributed by atoms with E-state index < -0.39 is 0 Å². The zero-order valence-electron chi connectivity index (χ0n) is 6.23. The number of nitrogens with one attached hydrogen (secondary N) is 1. The molecule has 0 aromatic heterocycles. The summed E-state index contributed by atoms with van der Waals surface area (Å²) in [6.45, 7) is 1.13. The molecule has 11 heavy (non-hydrogen) atoms. The Labute approximate surface area is 80.3 Å². The highest BCUT2D eigenvalue weighted by Crippen LogP contribution is 2.23. The minimum Gasteiger partial charge on any atom is -0.385 e. The number of hydrogen-bond donors (Lipinski definition) is 1. The third-order valence-electron chi connectivity index (χ3n) is 2.01. The van der Waals surface area contributed by atoms with Crippen LogP contribution in [0.1, 0.15) is 12.0 Å². The fourth-order valence-electron chi connectivity index (χ4n) is 1.43. The molecule has 0 aliphatic carbocycles. The normalized spacial score (nSPS) is 15.4. The smallest absolute Gasteiger partial charge is 0.0383 e. The lowest BCUT2D eigenvalue weighted by Gasteiger charge is -2.17. The summed E-state index contributed by atoms with van der Waals surface area (Å²) < 4.78 is 1.32. The van der Waals surface area contributed by atoms with Crippen molar-refractivity contribution >= 4 is 28.3 Å². The van der Waals surface area contributed by atoms with Crippen molar-refractivity contribution < 1.29 is 0 Å². The molecule has 1 aromatic rings. The third-order valence-corrected chi connectivity index (χ3v) is 2.68. The van der Waals surface area contributed by atoms with Crippen LogP contribution in [0.5, 0.6) is 0 Å². The van der Waals surface area contributed by atoms with Crippen LogP contribution < -0.4 is 5.32 Å². The van der Waals surface area contributed by atoms with Crippen molar-refractivity contribution in [3.8, 4) is 0 Å². The summed E-state index contributed by atoms with van der Waals surface area (Å²) in [5.74, 6) is 0. The summed E-state index contributed by atoms with van der Waals surface area (Å²) in [7, 11) is 0. The first kappa shape index (κ1) is 7.40. The molecule has 2 rings (SSSR count). The number of rotatable bonds is 0. The molecule has 0 spiro atoms. The summed E-state index contributed by atoms with van der Waals surface area (Å²) in [5.41, 5.74) is 2.81. The second-order valence-corrected chi connectivity index (χ2v) is 4.08. The first-order valence-corrected chi connectivity index (χ1v) is 4.96. The Hall–Kier alpha value is -0.250. The Morgan fingerprint density at radius 3 is 3.18 bits per heavy atom. The number of benzene rings is 1. The predicted molar refractivity (Wildman–Crippen MR) is 56.0 cm³/mol. The standard InChI is InChI=1S/C9H10IN/c10-8-4-3-7-2-1-5-11-9(7)6-8/h3-4,6,11H,1-2,5H2. The van der Waals surface area contributed by atoms with Gasteiger partial charge in [-0.05, 0) is 53.1 Å². The number of fused-ring (bicyclic) bond motifs is 1. The molecule has 0 bridgehead atoms. The lowest BCUT2D eigenvalue weighted by Crippen LogP contribution is -2.11. The van der Waals surface area contributed by atoms with Crippen molar-refractivity contribution in [2.24, 2.45) is 0 Å². The molecule has 0 fully saturated rings. The molecule has 1 N–H and O–H groups in total. The predicted octanol–water partition coefficient (Wildman–Crippen LogP) is 2.65. The van der Waals surface area contributed by atoms with Crippen molar-refractivity contribution in [2.75, 3.05) is 11.9 Å². The quantitative estimate of drug-likeness (QED) is 0.706. The van der Waals surface area contributed by atoms with Crippen molar-refractivity contribution in [3.05, 3.63) is 27.3 Å². The van der Waals surface area contributed by atoms with Gasteiger partial charge >= 0.3 is 0 Å². The van der Waals surface area contributed by atoms with Crippen LogP contribution in [0.25, 0.3) is 0 Å². The number of halogens is 1. The summed E-state index contributed by atoms with van der Waals surface area (Å²) in [4.78, 5) is 0. The molecule has 1 aromatic carbocycles. The molecule has 1 aliphatic rings. The van der Waals surface area contributed by atoms with E-state index in [9.17, 15) is 0 Å². The molecule has 0 saturated carbocycles. The van der Waals surface area contributed by atoms with E-state index in [-0.39, 0.29) is 0 Å². The third kappa shape index (κ3) is 1.50. The number of anilines is 1. The van der Waals surface area contributed by atoms with E-state index in [0.29, 0.717) is 0 Å². The maximum Gasteiger partial charge on any atom is 0.0383 e. The number of aryl methyl sites for hydroxylation is 1. The molecule has 58 valence electrons. The van der Waals surface area contributed by atoms with Gasteiger partial charge in [-0.15, -0.1) is 0 Å².